The summed E-state index contributed by atoms with van der Waals surface area (Å²) in [5.41, 5.74) is 0. The van der Waals surface area contributed by atoms with E-state index < -0.39 is 0 Å². The Hall–Kier alpha value is -1.16. The molecule has 0 aliphatic carbocycles. The molecule has 1 rings (SSSR count). The van der Waals surface area contributed by atoms with Gasteiger partial charge < -0.3 is 10.4 Å². The van der Waals surface area contributed by atoms with E-state index in [2.05, 4.69) is 5.32 Å². The van der Waals surface area contributed by atoms with Crippen molar-refractivity contribution in [2.24, 2.45) is 0 Å². The van der Waals surface area contributed by atoms with Gasteiger partial charge in [-0.05, 0) is 31.2 Å². The Bertz CT molecular complexity index is 324. The fraction of sp³-hybridized carbons (Fsp3) is 0.364. The van der Waals surface area contributed by atoms with Crippen LogP contribution in [-0.2, 0) is 4.79 Å². The summed E-state index contributed by atoms with van der Waals surface area (Å²) in [5, 5.41) is 11.9. The molecule has 2 N–H and O–H groups in total. The number of carbonyl (C=O) groups is 1. The summed E-state index contributed by atoms with van der Waals surface area (Å²) in [7, 11) is 0. The molecule has 1 aromatic carbocycles. The molecule has 0 saturated heterocycles. The van der Waals surface area contributed by atoms with Crippen molar-refractivity contribution < 1.29 is 9.90 Å². The lowest BCUT2D eigenvalue weighted by Gasteiger charge is -2.11. The third kappa shape index (κ3) is 4.74. The number of phenolic OH excluding ortho intramolecular Hbond substituents is 1. The summed E-state index contributed by atoms with van der Waals surface area (Å²) in [6.07, 6.45) is 0. The maximum atomic E-state index is 10.8. The van der Waals surface area contributed by atoms with E-state index >= 15 is 0 Å². The van der Waals surface area contributed by atoms with Gasteiger partial charge in [0, 0.05) is 23.6 Å². The van der Waals surface area contributed by atoms with Crippen molar-refractivity contribution in [3.63, 3.8) is 0 Å². The van der Waals surface area contributed by atoms with Crippen molar-refractivity contribution in [3.05, 3.63) is 24.3 Å². The lowest BCUT2D eigenvalue weighted by Crippen LogP contribution is -2.32. The monoisotopic (exact) mass is 225 g/mol. The minimum absolute atomic E-state index is 0.00574. The number of hydrogen-bond donors (Lipinski definition) is 2. The van der Waals surface area contributed by atoms with E-state index in [-0.39, 0.29) is 17.7 Å². The zero-order valence-electron chi connectivity index (χ0n) is 8.86. The van der Waals surface area contributed by atoms with E-state index in [0.29, 0.717) is 0 Å². The molecule has 4 heteroatoms. The van der Waals surface area contributed by atoms with Crippen molar-refractivity contribution >= 4 is 17.7 Å². The van der Waals surface area contributed by atoms with Gasteiger partial charge in [-0.1, -0.05) is 0 Å². The molecule has 0 aliphatic rings. The van der Waals surface area contributed by atoms with Crippen molar-refractivity contribution in [1.82, 2.24) is 5.32 Å². The second-order valence-electron chi connectivity index (χ2n) is 3.41. The normalized spacial score (nSPS) is 12.1. The van der Waals surface area contributed by atoms with E-state index in [1.54, 1.807) is 23.9 Å². The zero-order chi connectivity index (χ0) is 11.3. The highest BCUT2D eigenvalue weighted by atomic mass is 32.2. The molecule has 0 heterocycles. The van der Waals surface area contributed by atoms with Crippen LogP contribution in [0.3, 0.4) is 0 Å². The molecule has 0 aliphatic heterocycles. The van der Waals surface area contributed by atoms with Crippen LogP contribution >= 0.6 is 11.8 Å². The average Bonchev–Trinajstić information content (AvgIpc) is 2.16. The van der Waals surface area contributed by atoms with Gasteiger partial charge in [0.15, 0.2) is 0 Å². The summed E-state index contributed by atoms with van der Waals surface area (Å²) in [6, 6.07) is 7.19. The van der Waals surface area contributed by atoms with Gasteiger partial charge in [-0.2, -0.15) is 0 Å². The van der Waals surface area contributed by atoms with Crippen LogP contribution in [0.15, 0.2) is 29.2 Å². The van der Waals surface area contributed by atoms with Crippen LogP contribution in [0, 0.1) is 0 Å². The molecule has 0 unspecified atom stereocenters. The fourth-order valence-corrected chi connectivity index (χ4v) is 2.01. The van der Waals surface area contributed by atoms with Crippen LogP contribution in [0.4, 0.5) is 0 Å². The molecule has 1 aromatic rings. The third-order valence-electron chi connectivity index (χ3n) is 1.79. The van der Waals surface area contributed by atoms with E-state index in [1.807, 2.05) is 19.1 Å². The van der Waals surface area contributed by atoms with Gasteiger partial charge >= 0.3 is 0 Å². The second-order valence-corrected chi connectivity index (χ2v) is 4.50. The quantitative estimate of drug-likeness (QED) is 0.771. The summed E-state index contributed by atoms with van der Waals surface area (Å²) in [4.78, 5) is 11.8. The van der Waals surface area contributed by atoms with Crippen LogP contribution in [0.5, 0.6) is 5.75 Å². The Morgan fingerprint density at radius 1 is 1.47 bits per heavy atom. The standard InChI is InChI=1S/C11H15NO2S/c1-8(12-9(2)13)7-15-11-5-3-10(14)4-6-11/h3-6,8,14H,7H2,1-2H3,(H,12,13)/t8-/m0/s1. The lowest BCUT2D eigenvalue weighted by atomic mass is 10.3. The van der Waals surface area contributed by atoms with Gasteiger partial charge in [0.05, 0.1) is 0 Å². The number of phenols is 1. The Labute approximate surface area is 93.9 Å². The molecular formula is C11H15NO2S. The van der Waals surface area contributed by atoms with Crippen LogP contribution in [0.1, 0.15) is 13.8 Å². The first-order valence-corrected chi connectivity index (χ1v) is 5.75. The molecule has 0 fully saturated rings. The largest absolute Gasteiger partial charge is 0.508 e. The summed E-state index contributed by atoms with van der Waals surface area (Å²) in [5.74, 6) is 1.09. The van der Waals surface area contributed by atoms with Crippen molar-refractivity contribution in [3.8, 4) is 5.75 Å². The molecule has 0 spiro atoms. The topological polar surface area (TPSA) is 49.3 Å². The van der Waals surface area contributed by atoms with Crippen molar-refractivity contribution in [2.45, 2.75) is 24.8 Å². The first kappa shape index (κ1) is 11.9. The van der Waals surface area contributed by atoms with Gasteiger partial charge in [0.1, 0.15) is 5.75 Å². The van der Waals surface area contributed by atoms with Gasteiger partial charge in [-0.3, -0.25) is 4.79 Å². The smallest absolute Gasteiger partial charge is 0.217 e. The molecule has 1 atom stereocenters. The number of hydrogen-bond acceptors (Lipinski definition) is 3. The Morgan fingerprint density at radius 2 is 2.07 bits per heavy atom. The third-order valence-corrected chi connectivity index (χ3v) is 3.06. The fourth-order valence-electron chi connectivity index (χ4n) is 1.15. The highest BCUT2D eigenvalue weighted by Gasteiger charge is 2.03. The van der Waals surface area contributed by atoms with E-state index in [9.17, 15) is 4.79 Å². The van der Waals surface area contributed by atoms with Gasteiger partial charge in [-0.15, -0.1) is 11.8 Å². The van der Waals surface area contributed by atoms with Crippen LogP contribution in [-0.4, -0.2) is 22.8 Å². The van der Waals surface area contributed by atoms with Crippen molar-refractivity contribution in [1.29, 1.82) is 0 Å². The number of carbonyl (C=O) groups excluding carboxylic acids is 1. The van der Waals surface area contributed by atoms with Crippen LogP contribution < -0.4 is 5.32 Å². The Kier molecular flexibility index (Phi) is 4.49. The number of rotatable bonds is 4. The lowest BCUT2D eigenvalue weighted by molar-refractivity contribution is -0.119. The van der Waals surface area contributed by atoms with E-state index in [4.69, 9.17) is 5.11 Å². The van der Waals surface area contributed by atoms with Gasteiger partial charge in [-0.25, -0.2) is 0 Å². The number of nitrogens with one attached hydrogen (secondary N) is 1. The molecule has 1 amide bonds. The first-order chi connectivity index (χ1) is 7.08. The number of thioether (sulfide) groups is 1. The molecule has 0 aromatic heterocycles. The van der Waals surface area contributed by atoms with E-state index in [0.717, 1.165) is 10.6 Å². The van der Waals surface area contributed by atoms with Gasteiger partial charge in [0.2, 0.25) is 5.91 Å². The molecule has 0 radical (unpaired) electrons. The summed E-state index contributed by atoms with van der Waals surface area (Å²) >= 11 is 1.65. The minimum atomic E-state index is -0.00574. The van der Waals surface area contributed by atoms with Crippen molar-refractivity contribution in [2.75, 3.05) is 5.75 Å². The maximum absolute atomic E-state index is 10.8. The number of amides is 1. The number of benzene rings is 1. The Morgan fingerprint density at radius 3 is 2.60 bits per heavy atom. The Balaban J connectivity index is 2.36. The molecule has 15 heavy (non-hydrogen) atoms. The van der Waals surface area contributed by atoms with E-state index in [1.165, 1.54) is 6.92 Å². The maximum Gasteiger partial charge on any atom is 0.217 e. The molecule has 0 bridgehead atoms. The highest BCUT2D eigenvalue weighted by molar-refractivity contribution is 7.99. The molecule has 82 valence electrons. The summed E-state index contributed by atoms with van der Waals surface area (Å²) in [6.45, 7) is 3.48. The van der Waals surface area contributed by atoms with Crippen LogP contribution in [0.25, 0.3) is 0 Å². The predicted molar refractivity (Wildman–Crippen MR) is 62.1 cm³/mol. The van der Waals surface area contributed by atoms with Gasteiger partial charge in [0.25, 0.3) is 0 Å². The average molecular weight is 225 g/mol. The minimum Gasteiger partial charge on any atom is -0.508 e. The zero-order valence-corrected chi connectivity index (χ0v) is 9.67. The SMILES string of the molecule is CC(=O)N[C@@H](C)CSc1ccc(O)cc1. The molecule has 0 saturated carbocycles. The first-order valence-electron chi connectivity index (χ1n) is 4.77. The van der Waals surface area contributed by atoms with Crippen LogP contribution in [0.2, 0.25) is 0 Å². The highest BCUT2D eigenvalue weighted by Crippen LogP contribution is 2.21. The predicted octanol–water partition coefficient (Wildman–Crippen LogP) is 2.01. The molecular weight excluding hydrogens is 210 g/mol. The number of aromatic hydroxyl groups is 1. The molecule has 3 nitrogen and oxygen atoms in total. The second kappa shape index (κ2) is 5.66. The summed E-state index contributed by atoms with van der Waals surface area (Å²) < 4.78 is 0.